The second-order valence-corrected chi connectivity index (χ2v) is 5.03. The molecule has 0 unspecified atom stereocenters. The zero-order chi connectivity index (χ0) is 12.5. The smallest absolute Gasteiger partial charge is 0.165 e. The Bertz CT molecular complexity index is 409. The van der Waals surface area contributed by atoms with Crippen LogP contribution in [0.3, 0.4) is 0 Å². The van der Waals surface area contributed by atoms with Gasteiger partial charge in [-0.15, -0.1) is 0 Å². The molecular weight excluding hydrogens is 214 g/mol. The minimum absolute atomic E-state index is 0.223. The summed E-state index contributed by atoms with van der Waals surface area (Å²) in [4.78, 5) is 0. The number of ether oxygens (including phenoxy) is 1. The molecule has 3 heteroatoms. The summed E-state index contributed by atoms with van der Waals surface area (Å²) in [6.07, 6.45) is 5.47. The third kappa shape index (κ3) is 2.12. The Morgan fingerprint density at radius 3 is 2.47 bits per heavy atom. The minimum atomic E-state index is -0.339. The van der Waals surface area contributed by atoms with Gasteiger partial charge in [-0.2, -0.15) is 0 Å². The first-order valence-electron chi connectivity index (χ1n) is 6.24. The van der Waals surface area contributed by atoms with Crippen LogP contribution < -0.4 is 10.5 Å². The van der Waals surface area contributed by atoms with E-state index >= 15 is 0 Å². The molecule has 1 aliphatic rings. The average Bonchev–Trinajstić information content (AvgIpc) is 2.33. The van der Waals surface area contributed by atoms with E-state index in [4.69, 9.17) is 10.5 Å². The van der Waals surface area contributed by atoms with Crippen LogP contribution in [0.4, 0.5) is 0 Å². The summed E-state index contributed by atoms with van der Waals surface area (Å²) < 4.78 is 5.35. The molecule has 0 saturated heterocycles. The van der Waals surface area contributed by atoms with Gasteiger partial charge in [0, 0.05) is 11.1 Å². The maximum Gasteiger partial charge on any atom is 0.165 e. The van der Waals surface area contributed by atoms with Crippen LogP contribution >= 0.6 is 0 Å². The van der Waals surface area contributed by atoms with E-state index in [0.29, 0.717) is 5.75 Å². The largest absolute Gasteiger partial charge is 0.504 e. The van der Waals surface area contributed by atoms with Crippen molar-refractivity contribution in [1.29, 1.82) is 0 Å². The van der Waals surface area contributed by atoms with Crippen molar-refractivity contribution < 1.29 is 9.84 Å². The molecule has 0 aromatic heterocycles. The molecule has 17 heavy (non-hydrogen) atoms. The number of methoxy groups -OCH3 is 1. The fourth-order valence-electron chi connectivity index (χ4n) is 2.72. The summed E-state index contributed by atoms with van der Waals surface area (Å²) in [6, 6.07) is 3.91. The van der Waals surface area contributed by atoms with Gasteiger partial charge < -0.3 is 15.6 Å². The molecule has 1 saturated carbocycles. The van der Waals surface area contributed by atoms with Crippen molar-refractivity contribution in [2.45, 2.75) is 44.6 Å². The zero-order valence-corrected chi connectivity index (χ0v) is 10.6. The number of hydrogen-bond acceptors (Lipinski definition) is 3. The van der Waals surface area contributed by atoms with E-state index in [-0.39, 0.29) is 11.3 Å². The van der Waals surface area contributed by atoms with Crippen LogP contribution in [0.5, 0.6) is 11.5 Å². The Hall–Kier alpha value is -1.22. The number of nitrogens with two attached hydrogens (primary N) is 1. The molecule has 1 aromatic rings. The molecule has 0 atom stereocenters. The first-order valence-corrected chi connectivity index (χ1v) is 6.24. The lowest BCUT2D eigenvalue weighted by Crippen LogP contribution is -2.38. The zero-order valence-electron chi connectivity index (χ0n) is 10.6. The number of hydrogen-bond donors (Lipinski definition) is 2. The summed E-state index contributed by atoms with van der Waals surface area (Å²) in [5.74, 6) is 0.773. The van der Waals surface area contributed by atoms with Crippen molar-refractivity contribution >= 4 is 0 Å². The summed E-state index contributed by atoms with van der Waals surface area (Å²) >= 11 is 0. The van der Waals surface area contributed by atoms with E-state index in [1.165, 1.54) is 6.42 Å². The minimum Gasteiger partial charge on any atom is -0.504 e. The van der Waals surface area contributed by atoms with Gasteiger partial charge in [0.25, 0.3) is 0 Å². The van der Waals surface area contributed by atoms with E-state index in [9.17, 15) is 5.11 Å². The number of aromatic hydroxyl groups is 1. The molecule has 0 bridgehead atoms. The highest BCUT2D eigenvalue weighted by Gasteiger charge is 2.33. The molecule has 3 nitrogen and oxygen atoms in total. The number of benzene rings is 1. The Labute approximate surface area is 103 Å². The van der Waals surface area contributed by atoms with Crippen molar-refractivity contribution in [2.24, 2.45) is 5.73 Å². The second kappa shape index (κ2) is 4.57. The predicted molar refractivity (Wildman–Crippen MR) is 68.3 cm³/mol. The summed E-state index contributed by atoms with van der Waals surface area (Å²) in [5, 5.41) is 10.0. The van der Waals surface area contributed by atoms with Crippen LogP contribution in [-0.2, 0) is 5.54 Å². The SMILES string of the molecule is COc1c(C2(N)CCCCC2)ccc(C)c1O. The van der Waals surface area contributed by atoms with Crippen molar-refractivity contribution in [3.8, 4) is 11.5 Å². The van der Waals surface area contributed by atoms with E-state index in [1.54, 1.807) is 7.11 Å². The van der Waals surface area contributed by atoms with Crippen LogP contribution in [0.15, 0.2) is 12.1 Å². The number of aryl methyl sites for hydroxylation is 1. The van der Waals surface area contributed by atoms with Crippen molar-refractivity contribution in [2.75, 3.05) is 7.11 Å². The van der Waals surface area contributed by atoms with Gasteiger partial charge in [0.05, 0.1) is 7.11 Å². The van der Waals surface area contributed by atoms with Gasteiger partial charge in [-0.05, 0) is 25.3 Å². The Morgan fingerprint density at radius 2 is 1.88 bits per heavy atom. The lowest BCUT2D eigenvalue weighted by molar-refractivity contribution is 0.283. The lowest BCUT2D eigenvalue weighted by Gasteiger charge is -2.35. The highest BCUT2D eigenvalue weighted by Crippen LogP contribution is 2.43. The maximum absolute atomic E-state index is 10.0. The molecule has 1 fully saturated rings. The summed E-state index contributed by atoms with van der Waals surface area (Å²) in [6.45, 7) is 1.87. The normalized spacial score (nSPS) is 19.0. The van der Waals surface area contributed by atoms with Gasteiger partial charge >= 0.3 is 0 Å². The molecule has 0 amide bonds. The quantitative estimate of drug-likeness (QED) is 0.828. The average molecular weight is 235 g/mol. The topological polar surface area (TPSA) is 55.5 Å². The Kier molecular flexibility index (Phi) is 3.29. The van der Waals surface area contributed by atoms with Crippen molar-refractivity contribution in [1.82, 2.24) is 0 Å². The predicted octanol–water partition coefficient (Wildman–Crippen LogP) is 2.83. The van der Waals surface area contributed by atoms with Gasteiger partial charge in [0.15, 0.2) is 11.5 Å². The van der Waals surface area contributed by atoms with Crippen LogP contribution in [0.2, 0.25) is 0 Å². The molecule has 0 spiro atoms. The fraction of sp³-hybridized carbons (Fsp3) is 0.571. The van der Waals surface area contributed by atoms with E-state index in [1.807, 2.05) is 19.1 Å². The molecule has 0 radical (unpaired) electrons. The molecule has 1 aromatic carbocycles. The molecular formula is C14H21NO2. The molecule has 1 aliphatic carbocycles. The van der Waals surface area contributed by atoms with Gasteiger partial charge in [-0.1, -0.05) is 31.4 Å². The van der Waals surface area contributed by atoms with Gasteiger partial charge in [0.2, 0.25) is 0 Å². The second-order valence-electron chi connectivity index (χ2n) is 5.03. The standard InChI is InChI=1S/C14H21NO2/c1-10-6-7-11(13(17-2)12(10)16)14(15)8-4-3-5-9-14/h6-7,16H,3-5,8-9,15H2,1-2H3. The first-order chi connectivity index (χ1) is 8.08. The van der Waals surface area contributed by atoms with E-state index in [2.05, 4.69) is 0 Å². The first kappa shape index (κ1) is 12.2. The van der Waals surface area contributed by atoms with Gasteiger partial charge in [-0.25, -0.2) is 0 Å². The van der Waals surface area contributed by atoms with Gasteiger partial charge in [-0.3, -0.25) is 0 Å². The molecule has 94 valence electrons. The summed E-state index contributed by atoms with van der Waals surface area (Å²) in [5.41, 5.74) is 7.92. The van der Waals surface area contributed by atoms with E-state index in [0.717, 1.165) is 36.8 Å². The molecule has 0 heterocycles. The monoisotopic (exact) mass is 235 g/mol. The maximum atomic E-state index is 10.0. The van der Waals surface area contributed by atoms with Crippen LogP contribution in [0, 0.1) is 6.92 Å². The van der Waals surface area contributed by atoms with Crippen molar-refractivity contribution in [3.05, 3.63) is 23.3 Å². The Morgan fingerprint density at radius 1 is 1.24 bits per heavy atom. The third-order valence-electron chi connectivity index (χ3n) is 3.82. The highest BCUT2D eigenvalue weighted by molar-refractivity contribution is 5.53. The van der Waals surface area contributed by atoms with Crippen LogP contribution in [-0.4, -0.2) is 12.2 Å². The lowest BCUT2D eigenvalue weighted by atomic mass is 9.77. The van der Waals surface area contributed by atoms with Gasteiger partial charge in [0.1, 0.15) is 0 Å². The van der Waals surface area contributed by atoms with Crippen LogP contribution in [0.25, 0.3) is 0 Å². The third-order valence-corrected chi connectivity index (χ3v) is 3.82. The Balaban J connectivity index is 2.47. The number of phenols is 1. The fourth-order valence-corrected chi connectivity index (χ4v) is 2.72. The van der Waals surface area contributed by atoms with Crippen molar-refractivity contribution in [3.63, 3.8) is 0 Å². The highest BCUT2D eigenvalue weighted by atomic mass is 16.5. The molecule has 0 aliphatic heterocycles. The van der Waals surface area contributed by atoms with Crippen LogP contribution in [0.1, 0.15) is 43.2 Å². The number of rotatable bonds is 2. The van der Waals surface area contributed by atoms with E-state index < -0.39 is 0 Å². The molecule has 2 rings (SSSR count). The summed E-state index contributed by atoms with van der Waals surface area (Å²) in [7, 11) is 1.59. The number of phenolic OH excluding ortho intramolecular Hbond substituents is 1. The molecule has 3 N–H and O–H groups in total.